The molecular formula is C24H27ClF2N2O6S2. The fraction of sp³-hybridized carbons (Fsp3) is 0.458. The molecule has 0 spiro atoms. The summed E-state index contributed by atoms with van der Waals surface area (Å²) in [7, 11) is -7.57. The number of amides is 1. The van der Waals surface area contributed by atoms with E-state index in [2.05, 4.69) is 10.0 Å². The van der Waals surface area contributed by atoms with Crippen molar-refractivity contribution in [3.63, 3.8) is 0 Å². The van der Waals surface area contributed by atoms with E-state index in [9.17, 15) is 35.5 Å². The second-order valence-electron chi connectivity index (χ2n) is 9.83. The van der Waals surface area contributed by atoms with E-state index >= 15 is 0 Å². The number of nitrogens with one attached hydrogen (secondary N) is 2. The van der Waals surface area contributed by atoms with Crippen molar-refractivity contribution < 1.29 is 35.5 Å². The molecule has 0 radical (unpaired) electrons. The van der Waals surface area contributed by atoms with E-state index in [0.717, 1.165) is 18.4 Å². The van der Waals surface area contributed by atoms with Crippen LogP contribution in [-0.2, 0) is 19.9 Å². The van der Waals surface area contributed by atoms with Gasteiger partial charge in [-0.3, -0.25) is 4.79 Å². The van der Waals surface area contributed by atoms with Crippen LogP contribution in [0.4, 0.5) is 14.5 Å². The van der Waals surface area contributed by atoms with Crippen molar-refractivity contribution in [3.05, 3.63) is 58.1 Å². The Labute approximate surface area is 219 Å². The summed E-state index contributed by atoms with van der Waals surface area (Å²) < 4.78 is 80.0. The molecule has 0 aliphatic heterocycles. The lowest BCUT2D eigenvalue weighted by molar-refractivity contribution is -0.0525. The Morgan fingerprint density at radius 3 is 2.32 bits per heavy atom. The molecule has 2 aliphatic carbocycles. The lowest BCUT2D eigenvalue weighted by atomic mass is 9.74. The number of halogens is 3. The van der Waals surface area contributed by atoms with Crippen molar-refractivity contribution in [2.24, 2.45) is 11.8 Å². The molecule has 4 atom stereocenters. The van der Waals surface area contributed by atoms with Gasteiger partial charge in [-0.05, 0) is 74.8 Å². The average Bonchev–Trinajstić information content (AvgIpc) is 2.98. The molecule has 2 aromatic rings. The highest BCUT2D eigenvalue weighted by molar-refractivity contribution is 7.92. The number of aliphatic hydroxyl groups is 1. The van der Waals surface area contributed by atoms with Crippen LogP contribution >= 0.6 is 11.6 Å². The van der Waals surface area contributed by atoms with Gasteiger partial charge in [0, 0.05) is 23.4 Å². The summed E-state index contributed by atoms with van der Waals surface area (Å²) in [6, 6.07) is 5.84. The lowest BCUT2D eigenvalue weighted by Gasteiger charge is -2.42. The van der Waals surface area contributed by atoms with E-state index in [4.69, 9.17) is 11.6 Å². The summed E-state index contributed by atoms with van der Waals surface area (Å²) in [4.78, 5) is 12.6. The zero-order chi connectivity index (χ0) is 27.3. The van der Waals surface area contributed by atoms with Crippen molar-refractivity contribution in [1.29, 1.82) is 0 Å². The quantitative estimate of drug-likeness (QED) is 0.463. The topological polar surface area (TPSA) is 130 Å². The maximum Gasteiger partial charge on any atom is 0.255 e. The molecule has 2 fully saturated rings. The van der Waals surface area contributed by atoms with E-state index in [1.807, 2.05) is 0 Å². The molecule has 2 bridgehead atoms. The van der Waals surface area contributed by atoms with Crippen molar-refractivity contribution in [1.82, 2.24) is 4.72 Å². The number of rotatable bonds is 7. The third kappa shape index (κ3) is 5.40. The van der Waals surface area contributed by atoms with Crippen molar-refractivity contribution in [2.45, 2.75) is 48.4 Å². The predicted octanol–water partition coefficient (Wildman–Crippen LogP) is 3.42. The molecule has 37 heavy (non-hydrogen) atoms. The first-order valence-corrected chi connectivity index (χ1v) is 15.4. The summed E-state index contributed by atoms with van der Waals surface area (Å²) >= 11 is 6.24. The second kappa shape index (κ2) is 9.88. The number of hydrogen-bond donors (Lipinski definition) is 3. The molecule has 0 heterocycles. The van der Waals surface area contributed by atoms with E-state index < -0.39 is 60.1 Å². The number of fused-ring (bicyclic) bond motifs is 2. The minimum absolute atomic E-state index is 0.0362. The van der Waals surface area contributed by atoms with Crippen LogP contribution in [0.5, 0.6) is 0 Å². The Kier molecular flexibility index (Phi) is 7.45. The molecule has 13 heteroatoms. The Morgan fingerprint density at radius 1 is 1.11 bits per heavy atom. The second-order valence-corrected chi connectivity index (χ2v) is 14.3. The van der Waals surface area contributed by atoms with Gasteiger partial charge >= 0.3 is 0 Å². The van der Waals surface area contributed by atoms with Gasteiger partial charge in [-0.2, -0.15) is 0 Å². The van der Waals surface area contributed by atoms with E-state index in [-0.39, 0.29) is 46.1 Å². The van der Waals surface area contributed by atoms with Gasteiger partial charge in [-0.25, -0.2) is 30.3 Å². The number of hydrogen-bond acceptors (Lipinski definition) is 6. The summed E-state index contributed by atoms with van der Waals surface area (Å²) in [5.74, 6) is -3.75. The van der Waals surface area contributed by atoms with Gasteiger partial charge in [0.2, 0.25) is 10.0 Å². The molecular weight excluding hydrogens is 550 g/mol. The molecule has 2 saturated carbocycles. The molecule has 202 valence electrons. The van der Waals surface area contributed by atoms with Crippen molar-refractivity contribution in [3.8, 4) is 0 Å². The molecule has 4 rings (SSSR count). The highest BCUT2D eigenvalue weighted by Gasteiger charge is 2.55. The van der Waals surface area contributed by atoms with Crippen LogP contribution < -0.4 is 10.0 Å². The third-order valence-corrected chi connectivity index (χ3v) is 10.8. The van der Waals surface area contributed by atoms with E-state index in [1.165, 1.54) is 25.1 Å². The smallest absolute Gasteiger partial charge is 0.255 e. The summed E-state index contributed by atoms with van der Waals surface area (Å²) in [6.07, 6.45) is 2.33. The first kappa shape index (κ1) is 27.9. The van der Waals surface area contributed by atoms with Crippen LogP contribution in [0, 0.1) is 30.4 Å². The Balaban J connectivity index is 1.57. The summed E-state index contributed by atoms with van der Waals surface area (Å²) in [5, 5.41) is 12.7. The van der Waals surface area contributed by atoms with Crippen LogP contribution in [-0.4, -0.2) is 51.5 Å². The number of sulfonamides is 1. The first-order chi connectivity index (χ1) is 17.1. The highest BCUT2D eigenvalue weighted by atomic mass is 35.5. The standard InChI is InChI=1S/C24H27ClF2N2O6S2/c1-13-20(8-7-19(26)22(13)27)29-23(30)14-3-6-18(25)21(9-14)37(34,35)17-10-15-4-5-16(11-17)24(15,31)12-28-36(2,32)33/h3,6-9,15-17,28,31H,4-5,10-12H2,1-2H3,(H,29,30)/t15-,16?,17?,24?/m0/s1. The molecule has 2 aliphatic rings. The maximum atomic E-state index is 13.9. The highest BCUT2D eigenvalue weighted by Crippen LogP contribution is 2.52. The maximum absolute atomic E-state index is 13.9. The molecule has 0 aromatic heterocycles. The largest absolute Gasteiger partial charge is 0.388 e. The lowest BCUT2D eigenvalue weighted by Crippen LogP contribution is -2.54. The van der Waals surface area contributed by atoms with Crippen LogP contribution in [0.1, 0.15) is 41.6 Å². The van der Waals surface area contributed by atoms with Crippen molar-refractivity contribution in [2.75, 3.05) is 18.1 Å². The molecule has 2 aromatic carbocycles. The van der Waals surface area contributed by atoms with E-state index in [1.54, 1.807) is 0 Å². The number of carbonyl (C=O) groups is 1. The van der Waals surface area contributed by atoms with Gasteiger partial charge in [0.25, 0.3) is 5.91 Å². The van der Waals surface area contributed by atoms with Crippen LogP contribution in [0.2, 0.25) is 5.02 Å². The average molecular weight is 577 g/mol. The minimum atomic E-state index is -4.03. The fourth-order valence-corrected chi connectivity index (χ4v) is 8.32. The predicted molar refractivity (Wildman–Crippen MR) is 135 cm³/mol. The minimum Gasteiger partial charge on any atom is -0.388 e. The number of sulfone groups is 1. The van der Waals surface area contributed by atoms with Gasteiger partial charge in [-0.1, -0.05) is 11.6 Å². The Hall–Kier alpha value is -2.12. The fourth-order valence-electron chi connectivity index (χ4n) is 5.42. The van der Waals surface area contributed by atoms with Crippen LogP contribution in [0.15, 0.2) is 35.2 Å². The molecule has 0 saturated heterocycles. The van der Waals surface area contributed by atoms with Crippen molar-refractivity contribution >= 4 is 43.1 Å². The Bertz CT molecular complexity index is 1450. The van der Waals surface area contributed by atoms with Gasteiger partial charge in [0.1, 0.15) is 0 Å². The molecule has 1 amide bonds. The van der Waals surface area contributed by atoms with Crippen LogP contribution in [0.3, 0.4) is 0 Å². The molecule has 3 unspecified atom stereocenters. The number of anilines is 1. The summed E-state index contributed by atoms with van der Waals surface area (Å²) in [5.41, 5.74) is -1.46. The van der Waals surface area contributed by atoms with Gasteiger partial charge in [0.05, 0.1) is 27.0 Å². The SMILES string of the molecule is Cc1c(NC(=O)c2ccc(Cl)c(S(=O)(=O)C3CC4CC[C@@H](C3)C4(O)CNS(C)(=O)=O)c2)ccc(F)c1F. The van der Waals surface area contributed by atoms with E-state index in [0.29, 0.717) is 12.8 Å². The van der Waals surface area contributed by atoms with Gasteiger partial charge in [0.15, 0.2) is 21.5 Å². The monoisotopic (exact) mass is 576 g/mol. The number of carbonyl (C=O) groups excluding carboxylic acids is 1. The molecule has 8 nitrogen and oxygen atoms in total. The Morgan fingerprint density at radius 2 is 1.73 bits per heavy atom. The molecule has 3 N–H and O–H groups in total. The van der Waals surface area contributed by atoms with Gasteiger partial charge in [-0.15, -0.1) is 0 Å². The third-order valence-electron chi connectivity index (χ3n) is 7.52. The summed E-state index contributed by atoms with van der Waals surface area (Å²) in [6.45, 7) is 1.11. The van der Waals surface area contributed by atoms with Crippen LogP contribution in [0.25, 0.3) is 0 Å². The first-order valence-electron chi connectivity index (χ1n) is 11.6. The van der Waals surface area contributed by atoms with Gasteiger partial charge < -0.3 is 10.4 Å². The zero-order valence-corrected chi connectivity index (χ0v) is 22.5. The zero-order valence-electron chi connectivity index (χ0n) is 20.1. The number of benzene rings is 2. The normalized spacial score (nSPS) is 25.7.